The summed E-state index contributed by atoms with van der Waals surface area (Å²) in [6.45, 7) is 10.4. The van der Waals surface area contributed by atoms with Crippen LogP contribution in [0, 0.1) is 13.8 Å². The minimum absolute atomic E-state index is 0. The number of hydrogen-bond donors (Lipinski definition) is 1. The smallest absolute Gasteiger partial charge is 0.238 e. The van der Waals surface area contributed by atoms with Gasteiger partial charge in [0.05, 0.1) is 13.2 Å². The van der Waals surface area contributed by atoms with E-state index in [-0.39, 0.29) is 18.3 Å². The van der Waals surface area contributed by atoms with Gasteiger partial charge in [0.2, 0.25) is 5.91 Å². The first-order valence-corrected chi connectivity index (χ1v) is 11.1. The number of nitrogens with one attached hydrogen (secondary N) is 1. The predicted octanol–water partition coefficient (Wildman–Crippen LogP) is 4.24. The Morgan fingerprint density at radius 1 is 1.00 bits per heavy atom. The molecule has 168 valence electrons. The average Bonchev–Trinajstić information content (AvgIpc) is 2.76. The second kappa shape index (κ2) is 11.0. The highest BCUT2D eigenvalue weighted by Crippen LogP contribution is 2.35. The number of nitrogens with zero attached hydrogens (tertiary/aromatic N) is 2. The minimum Gasteiger partial charge on any atom is -0.493 e. The summed E-state index contributed by atoms with van der Waals surface area (Å²) >= 11 is 0. The lowest BCUT2D eigenvalue weighted by Gasteiger charge is -2.35. The molecule has 31 heavy (non-hydrogen) atoms. The van der Waals surface area contributed by atoms with E-state index < -0.39 is 0 Å². The molecule has 0 radical (unpaired) electrons. The van der Waals surface area contributed by atoms with E-state index in [0.29, 0.717) is 12.5 Å². The second-order valence-electron chi connectivity index (χ2n) is 8.59. The fourth-order valence-electron chi connectivity index (χ4n) is 4.62. The van der Waals surface area contributed by atoms with Gasteiger partial charge < -0.3 is 15.0 Å². The van der Waals surface area contributed by atoms with Crippen molar-refractivity contribution in [2.45, 2.75) is 32.6 Å². The monoisotopic (exact) mass is 443 g/mol. The van der Waals surface area contributed by atoms with Crippen LogP contribution in [0.1, 0.15) is 35.4 Å². The molecule has 0 aliphatic carbocycles. The van der Waals surface area contributed by atoms with Gasteiger partial charge in [-0.05, 0) is 61.9 Å². The van der Waals surface area contributed by atoms with Crippen LogP contribution in [0.4, 0.5) is 5.69 Å². The van der Waals surface area contributed by atoms with Crippen LogP contribution < -0.4 is 10.1 Å². The number of benzene rings is 2. The molecule has 1 atom stereocenters. The summed E-state index contributed by atoms with van der Waals surface area (Å²) in [6, 6.07) is 14.6. The molecule has 0 saturated carbocycles. The number of aryl methyl sites for hydroxylation is 2. The molecule has 2 heterocycles. The average molecular weight is 444 g/mol. The third-order valence-corrected chi connectivity index (χ3v) is 6.45. The number of anilines is 1. The zero-order valence-electron chi connectivity index (χ0n) is 18.6. The van der Waals surface area contributed by atoms with Crippen LogP contribution in [0.15, 0.2) is 42.5 Å². The lowest BCUT2D eigenvalue weighted by atomic mass is 9.90. The lowest BCUT2D eigenvalue weighted by Crippen LogP contribution is -2.49. The van der Waals surface area contributed by atoms with Gasteiger partial charge in [-0.25, -0.2) is 0 Å². The first-order valence-electron chi connectivity index (χ1n) is 11.1. The van der Waals surface area contributed by atoms with Crippen molar-refractivity contribution >= 4 is 24.0 Å². The molecule has 2 aromatic rings. The summed E-state index contributed by atoms with van der Waals surface area (Å²) in [5.41, 5.74) is 4.55. The SMILES string of the molecule is Cc1cccc(C)c1NC(=O)CN1CCN(CCC2CCOc3ccccc32)CC1.Cl. The zero-order chi connectivity index (χ0) is 20.9. The van der Waals surface area contributed by atoms with Gasteiger partial charge in [0, 0.05) is 31.9 Å². The van der Waals surface area contributed by atoms with Crippen molar-refractivity contribution in [3.63, 3.8) is 0 Å². The van der Waals surface area contributed by atoms with Crippen molar-refractivity contribution in [3.8, 4) is 5.75 Å². The molecule has 0 spiro atoms. The summed E-state index contributed by atoms with van der Waals surface area (Å²) in [4.78, 5) is 17.3. The maximum atomic E-state index is 12.5. The van der Waals surface area contributed by atoms with Crippen molar-refractivity contribution in [1.82, 2.24) is 9.80 Å². The molecular formula is C25H34ClN3O2. The Balaban J connectivity index is 0.00000272. The molecule has 1 amide bonds. The number of ether oxygens (including phenoxy) is 1. The molecule has 1 fully saturated rings. The van der Waals surface area contributed by atoms with Gasteiger partial charge in [-0.15, -0.1) is 12.4 Å². The Bertz CT molecular complexity index is 861. The summed E-state index contributed by atoms with van der Waals surface area (Å²) < 4.78 is 5.80. The molecule has 0 aromatic heterocycles. The highest BCUT2D eigenvalue weighted by atomic mass is 35.5. The van der Waals surface area contributed by atoms with E-state index in [9.17, 15) is 4.79 Å². The number of hydrogen-bond acceptors (Lipinski definition) is 4. The molecule has 1 unspecified atom stereocenters. The van der Waals surface area contributed by atoms with Crippen LogP contribution >= 0.6 is 12.4 Å². The summed E-state index contributed by atoms with van der Waals surface area (Å²) in [5, 5.41) is 3.11. The number of fused-ring (bicyclic) bond motifs is 1. The van der Waals surface area contributed by atoms with E-state index in [2.05, 4.69) is 39.4 Å². The molecule has 2 aromatic carbocycles. The number of rotatable bonds is 6. The maximum Gasteiger partial charge on any atom is 0.238 e. The van der Waals surface area contributed by atoms with E-state index in [4.69, 9.17) is 4.74 Å². The fourth-order valence-corrected chi connectivity index (χ4v) is 4.62. The normalized spacial score (nSPS) is 19.1. The standard InChI is InChI=1S/C25H33N3O2.ClH/c1-19-6-5-7-20(2)25(19)26-24(29)18-28-15-13-27(14-16-28)12-10-21-11-17-30-23-9-4-3-8-22(21)23;/h3-9,21H,10-18H2,1-2H3,(H,26,29);1H. The Hall–Kier alpha value is -2.08. The van der Waals surface area contributed by atoms with E-state index >= 15 is 0 Å². The summed E-state index contributed by atoms with van der Waals surface area (Å²) in [5.74, 6) is 1.74. The molecule has 1 saturated heterocycles. The molecular weight excluding hydrogens is 410 g/mol. The molecule has 5 nitrogen and oxygen atoms in total. The topological polar surface area (TPSA) is 44.8 Å². The Labute approximate surface area is 192 Å². The van der Waals surface area contributed by atoms with Crippen LogP contribution in [-0.2, 0) is 4.79 Å². The van der Waals surface area contributed by atoms with Gasteiger partial charge in [-0.1, -0.05) is 36.4 Å². The zero-order valence-corrected chi connectivity index (χ0v) is 19.4. The van der Waals surface area contributed by atoms with Gasteiger partial charge in [0.15, 0.2) is 0 Å². The van der Waals surface area contributed by atoms with E-state index in [1.807, 2.05) is 32.0 Å². The Morgan fingerprint density at radius 2 is 1.68 bits per heavy atom. The van der Waals surface area contributed by atoms with Gasteiger partial charge in [-0.3, -0.25) is 9.69 Å². The van der Waals surface area contributed by atoms with Crippen molar-refractivity contribution in [2.24, 2.45) is 0 Å². The molecule has 0 bridgehead atoms. The number of para-hydroxylation sites is 2. The first kappa shape index (κ1) is 23.6. The van der Waals surface area contributed by atoms with Crippen LogP contribution in [0.5, 0.6) is 5.75 Å². The predicted molar refractivity (Wildman–Crippen MR) is 129 cm³/mol. The Morgan fingerprint density at radius 3 is 2.42 bits per heavy atom. The number of carbonyl (C=O) groups excluding carboxylic acids is 1. The quantitative estimate of drug-likeness (QED) is 0.725. The molecule has 4 rings (SSSR count). The van der Waals surface area contributed by atoms with Gasteiger partial charge in [-0.2, -0.15) is 0 Å². The number of carbonyl (C=O) groups is 1. The molecule has 6 heteroatoms. The lowest BCUT2D eigenvalue weighted by molar-refractivity contribution is -0.117. The van der Waals surface area contributed by atoms with Crippen LogP contribution in [0.25, 0.3) is 0 Å². The van der Waals surface area contributed by atoms with Gasteiger partial charge >= 0.3 is 0 Å². The van der Waals surface area contributed by atoms with Crippen LogP contribution in [-0.4, -0.2) is 61.6 Å². The van der Waals surface area contributed by atoms with Crippen molar-refractivity contribution in [2.75, 3.05) is 51.2 Å². The van der Waals surface area contributed by atoms with E-state index in [1.54, 1.807) is 0 Å². The van der Waals surface area contributed by atoms with Gasteiger partial charge in [0.1, 0.15) is 5.75 Å². The van der Waals surface area contributed by atoms with Crippen molar-refractivity contribution in [1.29, 1.82) is 0 Å². The largest absolute Gasteiger partial charge is 0.493 e. The molecule has 2 aliphatic heterocycles. The number of amides is 1. The first-order chi connectivity index (χ1) is 14.6. The number of halogens is 1. The third kappa shape index (κ3) is 6.00. The number of piperazine rings is 1. The highest BCUT2D eigenvalue weighted by molar-refractivity contribution is 5.93. The second-order valence-corrected chi connectivity index (χ2v) is 8.59. The minimum atomic E-state index is 0. The third-order valence-electron chi connectivity index (χ3n) is 6.45. The Kier molecular flexibility index (Phi) is 8.35. The summed E-state index contributed by atoms with van der Waals surface area (Å²) in [6.07, 6.45) is 2.28. The molecule has 1 N–H and O–H groups in total. The van der Waals surface area contributed by atoms with Gasteiger partial charge in [0.25, 0.3) is 0 Å². The highest BCUT2D eigenvalue weighted by Gasteiger charge is 2.24. The van der Waals surface area contributed by atoms with Crippen molar-refractivity contribution in [3.05, 3.63) is 59.2 Å². The van der Waals surface area contributed by atoms with E-state index in [0.717, 1.165) is 68.3 Å². The van der Waals surface area contributed by atoms with E-state index in [1.165, 1.54) is 12.0 Å². The summed E-state index contributed by atoms with van der Waals surface area (Å²) in [7, 11) is 0. The molecule has 2 aliphatic rings. The van der Waals surface area contributed by atoms with Crippen molar-refractivity contribution < 1.29 is 9.53 Å². The van der Waals surface area contributed by atoms with Crippen LogP contribution in [0.2, 0.25) is 0 Å². The fraction of sp³-hybridized carbons (Fsp3) is 0.480. The maximum absolute atomic E-state index is 12.5. The van der Waals surface area contributed by atoms with Crippen LogP contribution in [0.3, 0.4) is 0 Å².